The smallest absolute Gasteiger partial charge is 0.130 e. The minimum atomic E-state index is -0.229. The van der Waals surface area contributed by atoms with E-state index in [1.807, 2.05) is 44.3 Å². The molecule has 1 atom stereocenters. The van der Waals surface area contributed by atoms with Crippen molar-refractivity contribution in [3.05, 3.63) is 48.0 Å². The number of ether oxygens (including phenoxy) is 1. The van der Waals surface area contributed by atoms with E-state index in [2.05, 4.69) is 16.5 Å². The first kappa shape index (κ1) is 14.6. The van der Waals surface area contributed by atoms with Crippen LogP contribution in [0.2, 0.25) is 0 Å². The molecule has 1 unspecified atom stereocenters. The molecule has 4 heteroatoms. The number of nitrogens with two attached hydrogens (primary N) is 1. The summed E-state index contributed by atoms with van der Waals surface area (Å²) in [7, 11) is 0. The van der Waals surface area contributed by atoms with E-state index >= 15 is 0 Å². The van der Waals surface area contributed by atoms with Crippen molar-refractivity contribution in [1.82, 2.24) is 9.55 Å². The van der Waals surface area contributed by atoms with Crippen molar-refractivity contribution in [3.8, 4) is 5.75 Å². The van der Waals surface area contributed by atoms with Crippen molar-refractivity contribution in [2.45, 2.75) is 45.9 Å². The Balaban J connectivity index is 2.23. The monoisotopic (exact) mass is 273 g/mol. The predicted octanol–water partition coefficient (Wildman–Crippen LogP) is 3.13. The molecule has 0 aliphatic carbocycles. The van der Waals surface area contributed by atoms with E-state index in [1.54, 1.807) is 6.20 Å². The summed E-state index contributed by atoms with van der Waals surface area (Å²) in [5.74, 6) is 1.75. The minimum absolute atomic E-state index is 0.156. The average Bonchev–Trinajstić information content (AvgIpc) is 2.86. The Morgan fingerprint density at radius 2 is 2.15 bits per heavy atom. The summed E-state index contributed by atoms with van der Waals surface area (Å²) in [5.41, 5.74) is 7.37. The first-order valence-electron chi connectivity index (χ1n) is 7.15. The second-order valence-corrected chi connectivity index (χ2v) is 5.20. The van der Waals surface area contributed by atoms with Crippen LogP contribution in [0, 0.1) is 0 Å². The molecule has 0 saturated heterocycles. The van der Waals surface area contributed by atoms with Crippen molar-refractivity contribution < 1.29 is 4.74 Å². The Morgan fingerprint density at radius 1 is 1.35 bits per heavy atom. The maximum Gasteiger partial charge on any atom is 0.130 e. The van der Waals surface area contributed by atoms with Gasteiger partial charge in [0.25, 0.3) is 0 Å². The Labute approximate surface area is 120 Å². The van der Waals surface area contributed by atoms with Gasteiger partial charge >= 0.3 is 0 Å². The summed E-state index contributed by atoms with van der Waals surface area (Å²) < 4.78 is 7.83. The van der Waals surface area contributed by atoms with Gasteiger partial charge in [-0.15, -0.1) is 0 Å². The van der Waals surface area contributed by atoms with Crippen molar-refractivity contribution in [2.24, 2.45) is 5.73 Å². The normalized spacial score (nSPS) is 12.7. The van der Waals surface area contributed by atoms with Crippen molar-refractivity contribution >= 4 is 0 Å². The number of aryl methyl sites for hydroxylation is 1. The fraction of sp³-hybridized carbons (Fsp3) is 0.438. The molecule has 1 aromatic heterocycles. The standard InChI is InChI=1S/C16H23N3O/c1-4-9-19-10-8-18-16(19)15(17)13-6-5-7-14(11-13)20-12(2)3/h5-8,10-12,15H,4,9,17H2,1-3H3. The number of hydrogen-bond acceptors (Lipinski definition) is 3. The summed E-state index contributed by atoms with van der Waals surface area (Å²) in [5, 5.41) is 0. The van der Waals surface area contributed by atoms with Crippen LogP contribution in [0.5, 0.6) is 5.75 Å². The zero-order chi connectivity index (χ0) is 14.5. The molecule has 4 nitrogen and oxygen atoms in total. The summed E-state index contributed by atoms with van der Waals surface area (Å²) in [6, 6.07) is 7.71. The van der Waals surface area contributed by atoms with Crippen LogP contribution < -0.4 is 10.5 Å². The van der Waals surface area contributed by atoms with Crippen LogP contribution in [0.1, 0.15) is 44.6 Å². The number of rotatable bonds is 6. The third-order valence-electron chi connectivity index (χ3n) is 3.08. The molecule has 0 amide bonds. The van der Waals surface area contributed by atoms with Crippen LogP contribution in [0.15, 0.2) is 36.7 Å². The number of aromatic nitrogens is 2. The first-order chi connectivity index (χ1) is 9.61. The second-order valence-electron chi connectivity index (χ2n) is 5.20. The van der Waals surface area contributed by atoms with Gasteiger partial charge in [0.1, 0.15) is 11.6 Å². The van der Waals surface area contributed by atoms with E-state index in [4.69, 9.17) is 10.5 Å². The number of nitrogens with zero attached hydrogens (tertiary/aromatic N) is 2. The average molecular weight is 273 g/mol. The van der Waals surface area contributed by atoms with Crippen LogP contribution in [-0.2, 0) is 6.54 Å². The lowest BCUT2D eigenvalue weighted by Gasteiger charge is -2.16. The van der Waals surface area contributed by atoms with Gasteiger partial charge in [-0.25, -0.2) is 4.98 Å². The van der Waals surface area contributed by atoms with Gasteiger partial charge < -0.3 is 15.0 Å². The Bertz CT molecular complexity index is 548. The van der Waals surface area contributed by atoms with E-state index in [0.29, 0.717) is 0 Å². The largest absolute Gasteiger partial charge is 0.491 e. The Hall–Kier alpha value is -1.81. The van der Waals surface area contributed by atoms with Gasteiger partial charge in [-0.1, -0.05) is 19.1 Å². The van der Waals surface area contributed by atoms with E-state index in [0.717, 1.165) is 30.1 Å². The Morgan fingerprint density at radius 3 is 2.85 bits per heavy atom. The van der Waals surface area contributed by atoms with Crippen molar-refractivity contribution in [3.63, 3.8) is 0 Å². The maximum absolute atomic E-state index is 6.35. The molecular weight excluding hydrogens is 250 g/mol. The first-order valence-corrected chi connectivity index (χ1v) is 7.15. The third-order valence-corrected chi connectivity index (χ3v) is 3.08. The summed E-state index contributed by atoms with van der Waals surface area (Å²) in [6.45, 7) is 7.11. The summed E-state index contributed by atoms with van der Waals surface area (Å²) in [6.07, 6.45) is 5.00. The highest BCUT2D eigenvalue weighted by Crippen LogP contribution is 2.23. The van der Waals surface area contributed by atoms with Crippen LogP contribution in [-0.4, -0.2) is 15.7 Å². The zero-order valence-corrected chi connectivity index (χ0v) is 12.4. The molecule has 1 heterocycles. The fourth-order valence-corrected chi connectivity index (χ4v) is 2.23. The quantitative estimate of drug-likeness (QED) is 0.879. The number of benzene rings is 1. The lowest BCUT2D eigenvalue weighted by Crippen LogP contribution is -2.18. The molecule has 108 valence electrons. The van der Waals surface area contributed by atoms with Crippen molar-refractivity contribution in [2.75, 3.05) is 0 Å². The van der Waals surface area contributed by atoms with Gasteiger partial charge in [-0.05, 0) is 38.0 Å². The summed E-state index contributed by atoms with van der Waals surface area (Å²) >= 11 is 0. The molecule has 0 aliphatic rings. The van der Waals surface area contributed by atoms with Gasteiger partial charge in [0.15, 0.2) is 0 Å². The lowest BCUT2D eigenvalue weighted by atomic mass is 10.1. The van der Waals surface area contributed by atoms with Crippen LogP contribution in [0.3, 0.4) is 0 Å². The minimum Gasteiger partial charge on any atom is -0.491 e. The molecule has 1 aromatic carbocycles. The molecule has 0 fully saturated rings. The van der Waals surface area contributed by atoms with E-state index in [9.17, 15) is 0 Å². The lowest BCUT2D eigenvalue weighted by molar-refractivity contribution is 0.242. The molecule has 0 aliphatic heterocycles. The van der Waals surface area contributed by atoms with Gasteiger partial charge in [0.2, 0.25) is 0 Å². The molecule has 2 N–H and O–H groups in total. The van der Waals surface area contributed by atoms with Gasteiger partial charge in [-0.3, -0.25) is 0 Å². The van der Waals surface area contributed by atoms with Gasteiger partial charge in [0, 0.05) is 18.9 Å². The number of hydrogen-bond donors (Lipinski definition) is 1. The second kappa shape index (κ2) is 6.57. The molecule has 20 heavy (non-hydrogen) atoms. The molecule has 0 spiro atoms. The molecular formula is C16H23N3O. The van der Waals surface area contributed by atoms with Crippen LogP contribution >= 0.6 is 0 Å². The maximum atomic E-state index is 6.35. The summed E-state index contributed by atoms with van der Waals surface area (Å²) in [4.78, 5) is 4.40. The topological polar surface area (TPSA) is 53.1 Å². The predicted molar refractivity (Wildman–Crippen MR) is 80.8 cm³/mol. The Kier molecular flexibility index (Phi) is 4.79. The van der Waals surface area contributed by atoms with Crippen molar-refractivity contribution in [1.29, 1.82) is 0 Å². The highest BCUT2D eigenvalue weighted by Gasteiger charge is 2.15. The third kappa shape index (κ3) is 3.39. The van der Waals surface area contributed by atoms with E-state index < -0.39 is 0 Å². The van der Waals surface area contributed by atoms with E-state index in [-0.39, 0.29) is 12.1 Å². The molecule has 2 rings (SSSR count). The van der Waals surface area contributed by atoms with Crippen LogP contribution in [0.4, 0.5) is 0 Å². The van der Waals surface area contributed by atoms with Gasteiger partial charge in [-0.2, -0.15) is 0 Å². The highest BCUT2D eigenvalue weighted by atomic mass is 16.5. The van der Waals surface area contributed by atoms with Crippen LogP contribution in [0.25, 0.3) is 0 Å². The molecule has 0 radical (unpaired) electrons. The molecule has 2 aromatic rings. The van der Waals surface area contributed by atoms with E-state index in [1.165, 1.54) is 0 Å². The highest BCUT2D eigenvalue weighted by molar-refractivity contribution is 5.33. The molecule has 0 saturated carbocycles. The van der Waals surface area contributed by atoms with Gasteiger partial charge in [0.05, 0.1) is 12.1 Å². The number of imidazole rings is 1. The fourth-order valence-electron chi connectivity index (χ4n) is 2.23. The molecule has 0 bridgehead atoms. The SMILES string of the molecule is CCCn1ccnc1C(N)c1cccc(OC(C)C)c1. The zero-order valence-electron chi connectivity index (χ0n) is 12.4.